The van der Waals surface area contributed by atoms with E-state index < -0.39 is 0 Å². The molecule has 0 spiro atoms. The molecule has 0 N–H and O–H groups in total. The minimum Gasteiger partial charge on any atom is -0.258 e. The maximum absolute atomic E-state index is 11.2. The van der Waals surface area contributed by atoms with Gasteiger partial charge in [-0.1, -0.05) is 41.4 Å². The highest BCUT2D eigenvalue weighted by Gasteiger charge is 2.31. The average Bonchev–Trinajstić information content (AvgIpc) is 2.40. The molecule has 1 aliphatic carbocycles. The highest BCUT2D eigenvalue weighted by Crippen LogP contribution is 2.40. The maximum Gasteiger partial charge on any atom is 0.272 e. The lowest BCUT2D eigenvalue weighted by atomic mass is 9.74. The lowest BCUT2D eigenvalue weighted by Gasteiger charge is -2.35. The maximum atomic E-state index is 11.2. The van der Waals surface area contributed by atoms with Crippen LogP contribution in [0.3, 0.4) is 0 Å². The molecule has 116 valence electrons. The van der Waals surface area contributed by atoms with Crippen molar-refractivity contribution in [2.75, 3.05) is 0 Å². The van der Waals surface area contributed by atoms with Gasteiger partial charge in [-0.15, -0.1) is 0 Å². The topological polar surface area (TPSA) is 43.1 Å². The van der Waals surface area contributed by atoms with Crippen LogP contribution in [-0.4, -0.2) is 9.75 Å². The van der Waals surface area contributed by atoms with E-state index in [9.17, 15) is 10.1 Å². The highest BCUT2D eigenvalue weighted by atomic mass is 79.9. The van der Waals surface area contributed by atoms with Gasteiger partial charge in [0.25, 0.3) is 5.69 Å². The monoisotopic (exact) mass is 373 g/mol. The molecule has 21 heavy (non-hydrogen) atoms. The summed E-state index contributed by atoms with van der Waals surface area (Å²) >= 11 is 9.79. The van der Waals surface area contributed by atoms with E-state index >= 15 is 0 Å². The predicted octanol–water partition coefficient (Wildman–Crippen LogP) is 5.63. The second-order valence-electron chi connectivity index (χ2n) is 6.33. The van der Waals surface area contributed by atoms with E-state index in [4.69, 9.17) is 11.6 Å². The molecule has 0 bridgehead atoms. The zero-order valence-corrected chi connectivity index (χ0v) is 14.7. The van der Waals surface area contributed by atoms with Crippen molar-refractivity contribution in [2.45, 2.75) is 44.4 Å². The molecule has 0 radical (unpaired) electrons. The van der Waals surface area contributed by atoms with Crippen molar-refractivity contribution in [1.29, 1.82) is 0 Å². The van der Waals surface area contributed by atoms with Crippen molar-refractivity contribution in [1.82, 2.24) is 0 Å². The van der Waals surface area contributed by atoms with E-state index in [2.05, 4.69) is 29.8 Å². The summed E-state index contributed by atoms with van der Waals surface area (Å²) in [5.74, 6) is 1.81. The smallest absolute Gasteiger partial charge is 0.258 e. The fraction of sp³-hybridized carbons (Fsp3) is 0.625. The minimum absolute atomic E-state index is 0.186. The molecule has 1 aliphatic rings. The van der Waals surface area contributed by atoms with E-state index in [-0.39, 0.29) is 10.6 Å². The van der Waals surface area contributed by atoms with Crippen LogP contribution in [-0.2, 0) is 6.42 Å². The highest BCUT2D eigenvalue weighted by molar-refractivity contribution is 9.09. The Bertz CT molecular complexity index is 521. The molecule has 1 fully saturated rings. The summed E-state index contributed by atoms with van der Waals surface area (Å²) in [6, 6.07) is 4.86. The fourth-order valence-electron chi connectivity index (χ4n) is 3.26. The molecule has 5 heteroatoms. The number of benzene rings is 1. The molecule has 2 rings (SSSR count). The Balaban J connectivity index is 2.19. The van der Waals surface area contributed by atoms with Crippen LogP contribution >= 0.6 is 27.5 Å². The van der Waals surface area contributed by atoms with Gasteiger partial charge in [-0.05, 0) is 55.6 Å². The predicted molar refractivity (Wildman–Crippen MR) is 90.2 cm³/mol. The second kappa shape index (κ2) is 7.10. The van der Waals surface area contributed by atoms with Gasteiger partial charge in [0.1, 0.15) is 0 Å². The number of nitro groups is 1. The number of nitrogens with zero attached hydrogens (tertiary/aromatic N) is 1. The number of hydrogen-bond acceptors (Lipinski definition) is 2. The molecule has 0 saturated heterocycles. The molecular weight excluding hydrogens is 354 g/mol. The SMILES string of the molecule is CC(C)C1CCC(Br)C(Cc2cc(Cl)ccc2[N+](=O)[O-])C1. The van der Waals surface area contributed by atoms with E-state index in [1.54, 1.807) is 12.1 Å². The lowest BCUT2D eigenvalue weighted by Crippen LogP contribution is -2.29. The van der Waals surface area contributed by atoms with Gasteiger partial charge in [0.15, 0.2) is 0 Å². The summed E-state index contributed by atoms with van der Waals surface area (Å²) in [6.45, 7) is 4.52. The van der Waals surface area contributed by atoms with Crippen LogP contribution < -0.4 is 0 Å². The number of rotatable bonds is 4. The molecule has 0 heterocycles. The molecule has 3 nitrogen and oxygen atoms in total. The van der Waals surface area contributed by atoms with Crippen LogP contribution in [0.1, 0.15) is 38.7 Å². The normalized spacial score (nSPS) is 26.0. The quantitative estimate of drug-likeness (QED) is 0.389. The van der Waals surface area contributed by atoms with Gasteiger partial charge in [0, 0.05) is 21.5 Å². The Morgan fingerprint density at radius 2 is 2.14 bits per heavy atom. The van der Waals surface area contributed by atoms with Crippen molar-refractivity contribution in [3.8, 4) is 0 Å². The Kier molecular flexibility index (Phi) is 5.67. The van der Waals surface area contributed by atoms with Gasteiger partial charge in [0.2, 0.25) is 0 Å². The number of halogens is 2. The lowest BCUT2D eigenvalue weighted by molar-refractivity contribution is -0.385. The molecule has 0 amide bonds. The third-order valence-corrected chi connectivity index (χ3v) is 6.03. The zero-order chi connectivity index (χ0) is 15.6. The average molecular weight is 375 g/mol. The first kappa shape index (κ1) is 16.8. The van der Waals surface area contributed by atoms with Gasteiger partial charge >= 0.3 is 0 Å². The summed E-state index contributed by atoms with van der Waals surface area (Å²) < 4.78 is 0. The molecule has 3 unspecified atom stereocenters. The largest absolute Gasteiger partial charge is 0.272 e. The molecule has 3 atom stereocenters. The van der Waals surface area contributed by atoms with Crippen molar-refractivity contribution < 1.29 is 4.92 Å². The van der Waals surface area contributed by atoms with E-state index in [0.717, 1.165) is 24.8 Å². The standard InChI is InChI=1S/C16H21BrClNO2/c1-10(2)11-3-5-15(17)12(7-11)8-13-9-14(18)4-6-16(13)19(20)21/h4,6,9-12,15H,3,5,7-8H2,1-2H3. The fourth-order valence-corrected chi connectivity index (χ4v) is 4.12. The summed E-state index contributed by atoms with van der Waals surface area (Å²) in [6.07, 6.45) is 4.22. The number of hydrogen-bond donors (Lipinski definition) is 0. The Morgan fingerprint density at radius 3 is 2.76 bits per heavy atom. The van der Waals surface area contributed by atoms with E-state index in [1.165, 1.54) is 12.5 Å². The summed E-state index contributed by atoms with van der Waals surface area (Å²) in [5.41, 5.74) is 0.942. The van der Waals surface area contributed by atoms with Crippen molar-refractivity contribution in [3.63, 3.8) is 0 Å². The van der Waals surface area contributed by atoms with Crippen molar-refractivity contribution in [3.05, 3.63) is 38.9 Å². The third kappa shape index (κ3) is 4.19. The van der Waals surface area contributed by atoms with Gasteiger partial charge in [-0.3, -0.25) is 10.1 Å². The summed E-state index contributed by atoms with van der Waals surface area (Å²) in [4.78, 5) is 11.3. The third-order valence-electron chi connectivity index (χ3n) is 4.59. The zero-order valence-electron chi connectivity index (χ0n) is 12.4. The first-order valence-corrected chi connectivity index (χ1v) is 8.74. The van der Waals surface area contributed by atoms with E-state index in [0.29, 0.717) is 27.6 Å². The molecule has 1 saturated carbocycles. The van der Waals surface area contributed by atoms with Crippen LogP contribution in [0.2, 0.25) is 5.02 Å². The first-order chi connectivity index (χ1) is 9.88. The first-order valence-electron chi connectivity index (χ1n) is 7.45. The van der Waals surface area contributed by atoms with Crippen LogP contribution in [0.15, 0.2) is 18.2 Å². The van der Waals surface area contributed by atoms with Crippen LogP contribution in [0.4, 0.5) is 5.69 Å². The second-order valence-corrected chi connectivity index (χ2v) is 7.94. The molecular formula is C16H21BrClNO2. The van der Waals surface area contributed by atoms with Gasteiger partial charge in [-0.25, -0.2) is 0 Å². The Labute approximate surface area is 139 Å². The number of alkyl halides is 1. The molecule has 0 aromatic heterocycles. The van der Waals surface area contributed by atoms with Crippen molar-refractivity contribution in [2.24, 2.45) is 17.8 Å². The number of nitro benzene ring substituents is 1. The van der Waals surface area contributed by atoms with Crippen LogP contribution in [0.5, 0.6) is 0 Å². The molecule has 1 aromatic rings. The Hall–Kier alpha value is -0.610. The Morgan fingerprint density at radius 1 is 1.43 bits per heavy atom. The van der Waals surface area contributed by atoms with Crippen LogP contribution in [0.25, 0.3) is 0 Å². The van der Waals surface area contributed by atoms with Gasteiger partial charge in [0.05, 0.1) is 4.92 Å². The minimum atomic E-state index is -0.308. The molecule has 1 aromatic carbocycles. The molecule has 0 aliphatic heterocycles. The van der Waals surface area contributed by atoms with Gasteiger partial charge in [-0.2, -0.15) is 0 Å². The van der Waals surface area contributed by atoms with E-state index in [1.807, 2.05) is 0 Å². The van der Waals surface area contributed by atoms with Crippen molar-refractivity contribution >= 4 is 33.2 Å². The van der Waals surface area contributed by atoms with Gasteiger partial charge < -0.3 is 0 Å². The van der Waals surface area contributed by atoms with Crippen LogP contribution in [0, 0.1) is 27.9 Å². The summed E-state index contributed by atoms with van der Waals surface area (Å²) in [5, 5.41) is 11.7. The summed E-state index contributed by atoms with van der Waals surface area (Å²) in [7, 11) is 0.